The fourth-order valence-corrected chi connectivity index (χ4v) is 1.95. The first-order chi connectivity index (χ1) is 8.15. The molecule has 2 aromatic rings. The number of nitrogens with one attached hydrogen (secondary N) is 1. The number of aryl methyl sites for hydroxylation is 1. The fraction of sp³-hybridized carbons (Fsp3) is 0.250. The van der Waals surface area contributed by atoms with E-state index in [9.17, 15) is 4.39 Å². The van der Waals surface area contributed by atoms with E-state index in [1.165, 1.54) is 12.1 Å². The molecule has 0 spiro atoms. The predicted octanol–water partition coefficient (Wildman–Crippen LogP) is 2.61. The molecule has 1 aromatic heterocycles. The van der Waals surface area contributed by atoms with Crippen molar-refractivity contribution in [1.82, 2.24) is 15.1 Å². The number of hydrogen-bond donors (Lipinski definition) is 1. The molecule has 0 aliphatic heterocycles. The molecule has 5 heteroatoms. The van der Waals surface area contributed by atoms with Gasteiger partial charge >= 0.3 is 0 Å². The van der Waals surface area contributed by atoms with E-state index < -0.39 is 0 Å². The quantitative estimate of drug-likeness (QED) is 0.940. The van der Waals surface area contributed by atoms with Gasteiger partial charge in [-0.3, -0.25) is 4.68 Å². The predicted molar refractivity (Wildman–Crippen MR) is 67.9 cm³/mol. The summed E-state index contributed by atoms with van der Waals surface area (Å²) in [6.07, 6.45) is 1.90. The lowest BCUT2D eigenvalue weighted by molar-refractivity contribution is 0.616. The average molecular weight is 298 g/mol. The third-order valence-corrected chi connectivity index (χ3v) is 3.17. The van der Waals surface area contributed by atoms with E-state index in [4.69, 9.17) is 0 Å². The Balaban J connectivity index is 1.91. The van der Waals surface area contributed by atoms with Crippen molar-refractivity contribution >= 4 is 15.9 Å². The van der Waals surface area contributed by atoms with E-state index in [1.54, 1.807) is 10.7 Å². The lowest BCUT2D eigenvalue weighted by Crippen LogP contribution is -2.13. The minimum absolute atomic E-state index is 0.220. The lowest BCUT2D eigenvalue weighted by atomic mass is 10.2. The van der Waals surface area contributed by atoms with Gasteiger partial charge in [-0.25, -0.2) is 4.39 Å². The Bertz CT molecular complexity index is 510. The van der Waals surface area contributed by atoms with E-state index in [2.05, 4.69) is 26.3 Å². The molecular formula is C12H13BrFN3. The normalized spacial score (nSPS) is 10.8. The second-order valence-corrected chi connectivity index (χ2v) is 4.67. The van der Waals surface area contributed by atoms with Crippen LogP contribution in [0.4, 0.5) is 4.39 Å². The van der Waals surface area contributed by atoms with Crippen LogP contribution < -0.4 is 5.32 Å². The maximum Gasteiger partial charge on any atom is 0.123 e. The van der Waals surface area contributed by atoms with E-state index in [1.807, 2.05) is 19.3 Å². The van der Waals surface area contributed by atoms with E-state index in [0.717, 1.165) is 15.7 Å². The number of aromatic nitrogens is 2. The second-order valence-electron chi connectivity index (χ2n) is 3.82. The molecule has 0 unspecified atom stereocenters. The Hall–Kier alpha value is -1.20. The Kier molecular flexibility index (Phi) is 3.91. The van der Waals surface area contributed by atoms with E-state index >= 15 is 0 Å². The molecule has 0 bridgehead atoms. The summed E-state index contributed by atoms with van der Waals surface area (Å²) in [6, 6.07) is 6.63. The van der Waals surface area contributed by atoms with Gasteiger partial charge in [-0.15, -0.1) is 0 Å². The first-order valence-electron chi connectivity index (χ1n) is 5.28. The Morgan fingerprint density at radius 2 is 2.18 bits per heavy atom. The molecule has 0 radical (unpaired) electrons. The van der Waals surface area contributed by atoms with E-state index in [0.29, 0.717) is 13.1 Å². The zero-order valence-electron chi connectivity index (χ0n) is 9.45. The summed E-state index contributed by atoms with van der Waals surface area (Å²) in [6.45, 7) is 1.28. The van der Waals surface area contributed by atoms with Crippen LogP contribution in [-0.2, 0) is 20.1 Å². The molecule has 0 fully saturated rings. The van der Waals surface area contributed by atoms with Gasteiger partial charge in [-0.1, -0.05) is 15.9 Å². The summed E-state index contributed by atoms with van der Waals surface area (Å²) in [5, 5.41) is 7.48. The van der Waals surface area contributed by atoms with Crippen LogP contribution in [0.15, 0.2) is 34.9 Å². The van der Waals surface area contributed by atoms with Crippen molar-refractivity contribution in [2.75, 3.05) is 0 Å². The molecule has 0 aliphatic carbocycles. The molecular weight excluding hydrogens is 285 g/mol. The van der Waals surface area contributed by atoms with Gasteiger partial charge in [0.1, 0.15) is 5.82 Å². The molecule has 90 valence electrons. The summed E-state index contributed by atoms with van der Waals surface area (Å²) in [5.74, 6) is -0.220. The summed E-state index contributed by atoms with van der Waals surface area (Å²) in [7, 11) is 1.88. The number of nitrogens with zero attached hydrogens (tertiary/aromatic N) is 2. The zero-order chi connectivity index (χ0) is 12.3. The van der Waals surface area contributed by atoms with Gasteiger partial charge < -0.3 is 5.32 Å². The van der Waals surface area contributed by atoms with Crippen LogP contribution in [0.5, 0.6) is 0 Å². The lowest BCUT2D eigenvalue weighted by Gasteiger charge is -2.05. The van der Waals surface area contributed by atoms with Gasteiger partial charge in [0.25, 0.3) is 0 Å². The van der Waals surface area contributed by atoms with Gasteiger partial charge in [0, 0.05) is 30.8 Å². The number of halogens is 2. The first kappa shape index (κ1) is 12.3. The fourth-order valence-electron chi connectivity index (χ4n) is 1.56. The summed E-state index contributed by atoms with van der Waals surface area (Å²) < 4.78 is 15.7. The highest BCUT2D eigenvalue weighted by molar-refractivity contribution is 9.10. The zero-order valence-corrected chi connectivity index (χ0v) is 11.0. The van der Waals surface area contributed by atoms with Gasteiger partial charge in [0.2, 0.25) is 0 Å². The van der Waals surface area contributed by atoms with Gasteiger partial charge in [-0.05, 0) is 29.8 Å². The van der Waals surface area contributed by atoms with Crippen molar-refractivity contribution in [3.05, 3.63) is 52.0 Å². The first-order valence-corrected chi connectivity index (χ1v) is 6.07. The van der Waals surface area contributed by atoms with Crippen LogP contribution in [0.3, 0.4) is 0 Å². The third kappa shape index (κ3) is 3.38. The summed E-state index contributed by atoms with van der Waals surface area (Å²) in [4.78, 5) is 0. The van der Waals surface area contributed by atoms with Gasteiger partial charge in [0.05, 0.1) is 5.69 Å². The highest BCUT2D eigenvalue weighted by atomic mass is 79.9. The van der Waals surface area contributed by atoms with Crippen LogP contribution in [0.1, 0.15) is 11.3 Å². The molecule has 1 heterocycles. The summed E-state index contributed by atoms with van der Waals surface area (Å²) >= 11 is 3.39. The van der Waals surface area contributed by atoms with Crippen molar-refractivity contribution in [3.63, 3.8) is 0 Å². The van der Waals surface area contributed by atoms with Crippen LogP contribution in [0, 0.1) is 5.82 Å². The van der Waals surface area contributed by atoms with Gasteiger partial charge in [-0.2, -0.15) is 5.10 Å². The molecule has 0 saturated heterocycles. The van der Waals surface area contributed by atoms with Gasteiger partial charge in [0.15, 0.2) is 0 Å². The Morgan fingerprint density at radius 3 is 2.88 bits per heavy atom. The van der Waals surface area contributed by atoms with Crippen molar-refractivity contribution in [2.24, 2.45) is 7.05 Å². The minimum Gasteiger partial charge on any atom is -0.307 e. The van der Waals surface area contributed by atoms with Crippen molar-refractivity contribution in [2.45, 2.75) is 13.1 Å². The molecule has 1 aromatic carbocycles. The number of benzene rings is 1. The molecule has 2 rings (SSSR count). The van der Waals surface area contributed by atoms with Crippen LogP contribution >= 0.6 is 15.9 Å². The minimum atomic E-state index is -0.220. The third-order valence-electron chi connectivity index (χ3n) is 2.40. The molecule has 0 aliphatic rings. The average Bonchev–Trinajstić information content (AvgIpc) is 2.69. The second kappa shape index (κ2) is 5.42. The highest BCUT2D eigenvalue weighted by Crippen LogP contribution is 2.17. The molecule has 3 nitrogen and oxygen atoms in total. The molecule has 0 saturated carbocycles. The number of hydrogen-bond acceptors (Lipinski definition) is 2. The monoisotopic (exact) mass is 297 g/mol. The Labute approximate surface area is 108 Å². The standard InChI is InChI=1S/C12H13BrFN3/c1-17-5-4-11(16-17)8-15-7-9-6-10(14)2-3-12(9)13/h2-6,15H,7-8H2,1H3. The topological polar surface area (TPSA) is 29.9 Å². The molecule has 0 amide bonds. The summed E-state index contributed by atoms with van der Waals surface area (Å²) in [5.41, 5.74) is 1.88. The van der Waals surface area contributed by atoms with Crippen molar-refractivity contribution in [3.8, 4) is 0 Å². The van der Waals surface area contributed by atoms with Crippen molar-refractivity contribution < 1.29 is 4.39 Å². The van der Waals surface area contributed by atoms with Crippen LogP contribution in [0.2, 0.25) is 0 Å². The van der Waals surface area contributed by atoms with Crippen LogP contribution in [0.25, 0.3) is 0 Å². The Morgan fingerprint density at radius 1 is 1.35 bits per heavy atom. The largest absolute Gasteiger partial charge is 0.307 e. The molecule has 17 heavy (non-hydrogen) atoms. The molecule has 1 N–H and O–H groups in total. The maximum atomic E-state index is 13.0. The highest BCUT2D eigenvalue weighted by Gasteiger charge is 2.02. The van der Waals surface area contributed by atoms with Crippen molar-refractivity contribution in [1.29, 1.82) is 0 Å². The van der Waals surface area contributed by atoms with E-state index in [-0.39, 0.29) is 5.82 Å². The maximum absolute atomic E-state index is 13.0. The SMILES string of the molecule is Cn1ccc(CNCc2cc(F)ccc2Br)n1. The smallest absolute Gasteiger partial charge is 0.123 e. The number of rotatable bonds is 4. The van der Waals surface area contributed by atoms with Crippen LogP contribution in [-0.4, -0.2) is 9.78 Å². The molecule has 0 atom stereocenters.